The minimum absolute atomic E-state index is 0.0289. The largest absolute Gasteiger partial charge is 0.391 e. The van der Waals surface area contributed by atoms with Gasteiger partial charge in [-0.1, -0.05) is 37.9 Å². The highest BCUT2D eigenvalue weighted by Gasteiger charge is 2.42. The third-order valence-electron chi connectivity index (χ3n) is 4.99. The first-order valence-electron chi connectivity index (χ1n) is 7.68. The Labute approximate surface area is 126 Å². The van der Waals surface area contributed by atoms with Crippen molar-refractivity contribution >= 4 is 23.1 Å². The van der Waals surface area contributed by atoms with Gasteiger partial charge in [-0.2, -0.15) is 0 Å². The van der Waals surface area contributed by atoms with Crippen LogP contribution in [-0.4, -0.2) is 29.1 Å². The fraction of sp³-hybridized carbons (Fsp3) is 0.867. The summed E-state index contributed by atoms with van der Waals surface area (Å²) in [5, 5.41) is 3.14. The van der Waals surface area contributed by atoms with Crippen LogP contribution >= 0.6 is 12.2 Å². The van der Waals surface area contributed by atoms with Crippen LogP contribution in [0.25, 0.3) is 0 Å². The number of hydrogen-bond donors (Lipinski definition) is 2. The van der Waals surface area contributed by atoms with Gasteiger partial charge in [-0.25, -0.2) is 0 Å². The molecule has 20 heavy (non-hydrogen) atoms. The van der Waals surface area contributed by atoms with Crippen molar-refractivity contribution in [2.24, 2.45) is 5.73 Å². The third kappa shape index (κ3) is 3.31. The Hall–Kier alpha value is -0.680. The Morgan fingerprint density at radius 2 is 1.75 bits per heavy atom. The summed E-state index contributed by atoms with van der Waals surface area (Å²) in [6.45, 7) is 0. The second kappa shape index (κ2) is 6.39. The van der Waals surface area contributed by atoms with E-state index in [4.69, 9.17) is 22.7 Å². The second-order valence-corrected chi connectivity index (χ2v) is 6.77. The molecule has 0 heterocycles. The van der Waals surface area contributed by atoms with E-state index in [2.05, 4.69) is 5.32 Å². The van der Waals surface area contributed by atoms with Crippen molar-refractivity contribution in [2.45, 2.75) is 75.3 Å². The molecule has 2 saturated carbocycles. The minimum atomic E-state index is -0.471. The molecule has 0 atom stereocenters. The summed E-state index contributed by atoms with van der Waals surface area (Å²) in [7, 11) is 1.70. The fourth-order valence-electron chi connectivity index (χ4n) is 3.39. The quantitative estimate of drug-likeness (QED) is 0.604. The molecule has 5 heteroatoms. The molecule has 0 bridgehead atoms. The molecular formula is C15H26N2O2S. The van der Waals surface area contributed by atoms with Gasteiger partial charge in [-0.05, 0) is 32.1 Å². The highest BCUT2D eigenvalue weighted by atomic mass is 32.1. The molecule has 2 aliphatic rings. The van der Waals surface area contributed by atoms with Gasteiger partial charge in [0.1, 0.15) is 0 Å². The Kier molecular flexibility index (Phi) is 5.02. The third-order valence-corrected chi connectivity index (χ3v) is 5.38. The zero-order valence-electron chi connectivity index (χ0n) is 12.4. The average molecular weight is 298 g/mol. The summed E-state index contributed by atoms with van der Waals surface area (Å²) in [5.41, 5.74) is 5.23. The van der Waals surface area contributed by atoms with E-state index >= 15 is 0 Å². The maximum absolute atomic E-state index is 12.4. The molecule has 2 fully saturated rings. The molecule has 0 spiro atoms. The molecule has 1 amide bonds. The van der Waals surface area contributed by atoms with E-state index in [0.717, 1.165) is 44.9 Å². The number of nitrogens with one attached hydrogen (secondary N) is 1. The molecule has 0 unspecified atom stereocenters. The molecule has 0 saturated heterocycles. The van der Waals surface area contributed by atoms with Gasteiger partial charge < -0.3 is 15.8 Å². The average Bonchev–Trinajstić information content (AvgIpc) is 2.60. The standard InChI is InChI=1S/C15H26N2O2S/c1-19-14(7-6-8-14)11-12(18)17-15(13(16)20)9-4-2-3-5-10-15/h2-11H2,1H3,(H2,16,20)(H,17,18). The highest BCUT2D eigenvalue weighted by Crippen LogP contribution is 2.38. The Morgan fingerprint density at radius 1 is 1.15 bits per heavy atom. The van der Waals surface area contributed by atoms with E-state index < -0.39 is 5.54 Å². The normalized spacial score (nSPS) is 24.2. The number of hydrogen-bond acceptors (Lipinski definition) is 3. The van der Waals surface area contributed by atoms with Gasteiger partial charge >= 0.3 is 0 Å². The second-order valence-electron chi connectivity index (χ2n) is 6.33. The molecule has 4 nitrogen and oxygen atoms in total. The van der Waals surface area contributed by atoms with Crippen molar-refractivity contribution in [2.75, 3.05) is 7.11 Å². The van der Waals surface area contributed by atoms with Crippen molar-refractivity contribution in [1.82, 2.24) is 5.32 Å². The van der Waals surface area contributed by atoms with E-state index in [-0.39, 0.29) is 11.5 Å². The molecule has 114 valence electrons. The van der Waals surface area contributed by atoms with Gasteiger partial charge in [0, 0.05) is 7.11 Å². The van der Waals surface area contributed by atoms with Crippen LogP contribution in [0.2, 0.25) is 0 Å². The maximum atomic E-state index is 12.4. The van der Waals surface area contributed by atoms with Crippen LogP contribution in [0.1, 0.15) is 64.2 Å². The van der Waals surface area contributed by atoms with E-state index in [0.29, 0.717) is 11.4 Å². The summed E-state index contributed by atoms with van der Waals surface area (Å²) in [5.74, 6) is 0.0289. The smallest absolute Gasteiger partial charge is 0.223 e. The minimum Gasteiger partial charge on any atom is -0.391 e. The van der Waals surface area contributed by atoms with Crippen molar-refractivity contribution in [3.63, 3.8) is 0 Å². The number of ether oxygens (including phenoxy) is 1. The Morgan fingerprint density at radius 3 is 2.15 bits per heavy atom. The van der Waals surface area contributed by atoms with E-state index in [1.807, 2.05) is 0 Å². The lowest BCUT2D eigenvalue weighted by Gasteiger charge is -2.41. The van der Waals surface area contributed by atoms with Crippen LogP contribution in [-0.2, 0) is 9.53 Å². The number of carbonyl (C=O) groups excluding carboxylic acids is 1. The summed E-state index contributed by atoms with van der Waals surface area (Å²) >= 11 is 5.25. The molecule has 0 aromatic heterocycles. The molecular weight excluding hydrogens is 272 g/mol. The molecule has 0 radical (unpaired) electrons. The van der Waals surface area contributed by atoms with Gasteiger partial charge in [0.25, 0.3) is 0 Å². The highest BCUT2D eigenvalue weighted by molar-refractivity contribution is 7.80. The summed E-state index contributed by atoms with van der Waals surface area (Å²) in [4.78, 5) is 12.8. The van der Waals surface area contributed by atoms with Crippen molar-refractivity contribution in [3.05, 3.63) is 0 Å². The summed E-state index contributed by atoms with van der Waals surface area (Å²) in [6, 6.07) is 0. The molecule has 0 aromatic rings. The van der Waals surface area contributed by atoms with Crippen molar-refractivity contribution in [3.8, 4) is 0 Å². The van der Waals surface area contributed by atoms with Gasteiger partial charge in [-0.15, -0.1) is 0 Å². The zero-order valence-corrected chi connectivity index (χ0v) is 13.2. The van der Waals surface area contributed by atoms with Crippen LogP contribution in [0.5, 0.6) is 0 Å². The van der Waals surface area contributed by atoms with Crippen molar-refractivity contribution < 1.29 is 9.53 Å². The van der Waals surface area contributed by atoms with E-state index in [1.165, 1.54) is 12.8 Å². The van der Waals surface area contributed by atoms with E-state index in [9.17, 15) is 4.79 Å². The Balaban J connectivity index is 2.00. The summed E-state index contributed by atoms with van der Waals surface area (Å²) in [6.07, 6.45) is 9.79. The Bertz CT molecular complexity index is 367. The van der Waals surface area contributed by atoms with Crippen molar-refractivity contribution in [1.29, 1.82) is 0 Å². The molecule has 0 aromatic carbocycles. The molecule has 2 aliphatic carbocycles. The van der Waals surface area contributed by atoms with Gasteiger partial charge in [0.15, 0.2) is 0 Å². The molecule has 2 rings (SSSR count). The maximum Gasteiger partial charge on any atom is 0.223 e. The number of methoxy groups -OCH3 is 1. The van der Waals surface area contributed by atoms with Crippen LogP contribution in [0, 0.1) is 0 Å². The first-order chi connectivity index (χ1) is 9.52. The SMILES string of the molecule is COC1(CC(=O)NC2(C(N)=S)CCCCCC2)CCC1. The monoisotopic (exact) mass is 298 g/mol. The van der Waals surface area contributed by atoms with E-state index in [1.54, 1.807) is 7.11 Å². The topological polar surface area (TPSA) is 64.3 Å². The number of amides is 1. The predicted octanol–water partition coefficient (Wildman–Crippen LogP) is 2.44. The lowest BCUT2D eigenvalue weighted by atomic mass is 9.77. The number of thiocarbonyl (C=S) groups is 1. The summed E-state index contributed by atoms with van der Waals surface area (Å²) < 4.78 is 5.53. The first-order valence-corrected chi connectivity index (χ1v) is 8.09. The number of nitrogens with two attached hydrogens (primary N) is 1. The first kappa shape index (κ1) is 15.7. The number of rotatable bonds is 5. The zero-order chi connectivity index (χ0) is 14.6. The van der Waals surface area contributed by atoms with Crippen LogP contribution < -0.4 is 11.1 Å². The number of carbonyl (C=O) groups is 1. The van der Waals surface area contributed by atoms with Crippen LogP contribution in [0.15, 0.2) is 0 Å². The lowest BCUT2D eigenvalue weighted by molar-refractivity contribution is -0.135. The molecule has 3 N–H and O–H groups in total. The fourth-order valence-corrected chi connectivity index (χ4v) is 3.65. The van der Waals surface area contributed by atoms with Crippen LogP contribution in [0.4, 0.5) is 0 Å². The van der Waals surface area contributed by atoms with Gasteiger partial charge in [0.05, 0.1) is 22.5 Å². The van der Waals surface area contributed by atoms with Gasteiger partial charge in [0.2, 0.25) is 5.91 Å². The van der Waals surface area contributed by atoms with Gasteiger partial charge in [-0.3, -0.25) is 4.79 Å². The van der Waals surface area contributed by atoms with Crippen LogP contribution in [0.3, 0.4) is 0 Å². The molecule has 0 aliphatic heterocycles. The lowest BCUT2D eigenvalue weighted by Crippen LogP contribution is -2.58. The predicted molar refractivity (Wildman–Crippen MR) is 83.6 cm³/mol.